The number of rotatable bonds is 3. The maximum absolute atomic E-state index is 12.1. The summed E-state index contributed by atoms with van der Waals surface area (Å²) in [6.07, 6.45) is -0.317. The Morgan fingerprint density at radius 2 is 2.29 bits per heavy atom. The van der Waals surface area contributed by atoms with Crippen LogP contribution in [0.15, 0.2) is 16.6 Å². The molecule has 2 N–H and O–H groups in total. The minimum absolute atomic E-state index is 0.0920. The van der Waals surface area contributed by atoms with Crippen LogP contribution in [0.25, 0.3) is 0 Å². The number of hydrogen-bond donors (Lipinski definition) is 2. The second-order valence-corrected chi connectivity index (χ2v) is 6.34. The van der Waals surface area contributed by atoms with E-state index in [4.69, 9.17) is 9.47 Å². The van der Waals surface area contributed by atoms with Crippen molar-refractivity contribution in [2.24, 2.45) is 5.92 Å². The number of aliphatic hydroxyl groups is 2. The summed E-state index contributed by atoms with van der Waals surface area (Å²) in [4.78, 5) is 12.1. The molecule has 6 heteroatoms. The zero-order valence-electron chi connectivity index (χ0n) is 11.6. The van der Waals surface area contributed by atoms with Gasteiger partial charge in [-0.1, -0.05) is 15.9 Å². The largest absolute Gasteiger partial charge is 0.488 e. The van der Waals surface area contributed by atoms with Crippen LogP contribution in [0.3, 0.4) is 0 Å². The monoisotopic (exact) mass is 356 g/mol. The molecule has 5 nitrogen and oxygen atoms in total. The van der Waals surface area contributed by atoms with Gasteiger partial charge in [0.15, 0.2) is 0 Å². The lowest BCUT2D eigenvalue weighted by molar-refractivity contribution is 0.0520. The third-order valence-electron chi connectivity index (χ3n) is 4.25. The van der Waals surface area contributed by atoms with Gasteiger partial charge in [0.2, 0.25) is 0 Å². The minimum Gasteiger partial charge on any atom is -0.488 e. The number of hydrogen-bond acceptors (Lipinski definition) is 5. The summed E-state index contributed by atoms with van der Waals surface area (Å²) in [5.41, 5.74) is 1.25. The highest BCUT2D eigenvalue weighted by Crippen LogP contribution is 2.52. The molecule has 0 unspecified atom stereocenters. The van der Waals surface area contributed by atoms with Crippen molar-refractivity contribution in [3.63, 3.8) is 0 Å². The topological polar surface area (TPSA) is 76.0 Å². The van der Waals surface area contributed by atoms with Gasteiger partial charge in [-0.2, -0.15) is 0 Å². The minimum atomic E-state index is -0.580. The van der Waals surface area contributed by atoms with Gasteiger partial charge in [-0.05, 0) is 19.1 Å². The van der Waals surface area contributed by atoms with Crippen molar-refractivity contribution in [3.8, 4) is 5.75 Å². The SMILES string of the molecule is CCOC(=O)c1cc(Br)cc2c1O[C@H]1C[C@@H](O)[C@H](CO)[C@@H]21. The molecule has 1 aliphatic heterocycles. The predicted molar refractivity (Wildman–Crippen MR) is 78.5 cm³/mol. The quantitative estimate of drug-likeness (QED) is 0.808. The molecular weight excluding hydrogens is 340 g/mol. The van der Waals surface area contributed by atoms with Crippen molar-refractivity contribution in [1.29, 1.82) is 0 Å². The van der Waals surface area contributed by atoms with Crippen molar-refractivity contribution in [2.75, 3.05) is 13.2 Å². The molecule has 0 amide bonds. The molecule has 2 aliphatic rings. The fourth-order valence-electron chi connectivity index (χ4n) is 3.37. The van der Waals surface area contributed by atoms with Crippen LogP contribution in [0.2, 0.25) is 0 Å². The molecule has 3 rings (SSSR count). The molecule has 0 bridgehead atoms. The van der Waals surface area contributed by atoms with Crippen LogP contribution in [-0.4, -0.2) is 41.6 Å². The second-order valence-electron chi connectivity index (χ2n) is 5.42. The molecule has 1 aromatic carbocycles. The van der Waals surface area contributed by atoms with Crippen LogP contribution in [0, 0.1) is 5.92 Å². The van der Waals surface area contributed by atoms with Crippen molar-refractivity contribution in [1.82, 2.24) is 0 Å². The lowest BCUT2D eigenvalue weighted by atomic mass is 9.88. The van der Waals surface area contributed by atoms with Gasteiger partial charge < -0.3 is 19.7 Å². The van der Waals surface area contributed by atoms with Gasteiger partial charge in [0, 0.05) is 34.9 Å². The highest BCUT2D eigenvalue weighted by atomic mass is 79.9. The van der Waals surface area contributed by atoms with E-state index in [1.807, 2.05) is 6.07 Å². The molecular formula is C15H17BrO5. The Kier molecular flexibility index (Phi) is 3.94. The second kappa shape index (κ2) is 5.59. The lowest BCUT2D eigenvalue weighted by Crippen LogP contribution is -2.22. The lowest BCUT2D eigenvalue weighted by Gasteiger charge is -2.18. The zero-order chi connectivity index (χ0) is 15.1. The summed E-state index contributed by atoms with van der Waals surface area (Å²) in [5.74, 6) is -0.251. The normalized spacial score (nSPS) is 29.7. The maximum Gasteiger partial charge on any atom is 0.341 e. The third-order valence-corrected chi connectivity index (χ3v) is 4.70. The Balaban J connectivity index is 2.04. The van der Waals surface area contributed by atoms with Gasteiger partial charge in [0.25, 0.3) is 0 Å². The first-order valence-corrected chi connectivity index (χ1v) is 7.82. The first-order chi connectivity index (χ1) is 10.1. The van der Waals surface area contributed by atoms with Crippen LogP contribution in [0.5, 0.6) is 5.75 Å². The van der Waals surface area contributed by atoms with Gasteiger partial charge in [0.1, 0.15) is 17.4 Å². The highest BCUT2D eigenvalue weighted by molar-refractivity contribution is 9.10. The van der Waals surface area contributed by atoms with E-state index >= 15 is 0 Å². The molecule has 1 aromatic rings. The Morgan fingerprint density at radius 3 is 2.95 bits per heavy atom. The van der Waals surface area contributed by atoms with Gasteiger partial charge in [0.05, 0.1) is 12.7 Å². The summed E-state index contributed by atoms with van der Waals surface area (Å²) in [6, 6.07) is 3.58. The Bertz CT molecular complexity index is 573. The molecule has 0 aromatic heterocycles. The van der Waals surface area contributed by atoms with E-state index in [1.54, 1.807) is 13.0 Å². The van der Waals surface area contributed by atoms with Crippen LogP contribution in [0.4, 0.5) is 0 Å². The first-order valence-electron chi connectivity index (χ1n) is 7.03. The van der Waals surface area contributed by atoms with Crippen LogP contribution >= 0.6 is 15.9 Å². The number of carbonyl (C=O) groups is 1. The molecule has 1 fully saturated rings. The fraction of sp³-hybridized carbons (Fsp3) is 0.533. The predicted octanol–water partition coefficient (Wildman–Crippen LogP) is 1.84. The Hall–Kier alpha value is -1.11. The van der Waals surface area contributed by atoms with E-state index in [-0.39, 0.29) is 24.5 Å². The van der Waals surface area contributed by atoms with Gasteiger partial charge >= 0.3 is 5.97 Å². The van der Waals surface area contributed by atoms with Gasteiger partial charge in [-0.15, -0.1) is 0 Å². The maximum atomic E-state index is 12.1. The average molecular weight is 357 g/mol. The van der Waals surface area contributed by atoms with E-state index in [1.165, 1.54) is 0 Å². The van der Waals surface area contributed by atoms with E-state index in [0.717, 1.165) is 10.0 Å². The van der Waals surface area contributed by atoms with Crippen LogP contribution in [-0.2, 0) is 4.74 Å². The summed E-state index contributed by atoms with van der Waals surface area (Å²) < 4.78 is 11.7. The number of aliphatic hydroxyl groups excluding tert-OH is 2. The first kappa shape index (κ1) is 14.8. The number of esters is 1. The fourth-order valence-corrected chi connectivity index (χ4v) is 3.84. The zero-order valence-corrected chi connectivity index (χ0v) is 13.2. The van der Waals surface area contributed by atoms with Gasteiger partial charge in [-0.25, -0.2) is 4.79 Å². The Labute approximate surface area is 131 Å². The standard InChI is InChI=1S/C15H17BrO5/c1-2-20-15(19)9-4-7(16)3-8-13-10(6-17)11(18)5-12(13)21-14(8)9/h3-4,10-13,17-18H,2,5-6H2,1H3/t10-,11+,12-,13+/m0/s1. The van der Waals surface area contributed by atoms with E-state index in [9.17, 15) is 15.0 Å². The summed E-state index contributed by atoms with van der Waals surface area (Å²) in [7, 11) is 0. The Morgan fingerprint density at radius 1 is 1.52 bits per heavy atom. The average Bonchev–Trinajstić information content (AvgIpc) is 2.93. The molecule has 0 saturated heterocycles. The molecule has 1 saturated carbocycles. The molecule has 0 radical (unpaired) electrons. The third kappa shape index (κ3) is 2.35. The number of halogens is 1. The number of fused-ring (bicyclic) bond motifs is 3. The number of benzene rings is 1. The molecule has 1 heterocycles. The van der Waals surface area contributed by atoms with Crippen LogP contribution < -0.4 is 4.74 Å². The number of ether oxygens (including phenoxy) is 2. The molecule has 114 valence electrons. The van der Waals surface area contributed by atoms with E-state index in [2.05, 4.69) is 15.9 Å². The number of carbonyl (C=O) groups excluding carboxylic acids is 1. The summed E-state index contributed by atoms with van der Waals surface area (Å²) in [6.45, 7) is 1.95. The highest BCUT2D eigenvalue weighted by Gasteiger charge is 2.50. The van der Waals surface area contributed by atoms with E-state index < -0.39 is 12.1 Å². The summed E-state index contributed by atoms with van der Waals surface area (Å²) >= 11 is 3.40. The van der Waals surface area contributed by atoms with Crippen LogP contribution in [0.1, 0.15) is 35.2 Å². The van der Waals surface area contributed by atoms with Gasteiger partial charge in [-0.3, -0.25) is 0 Å². The van der Waals surface area contributed by atoms with Crippen molar-refractivity contribution < 1.29 is 24.5 Å². The summed E-state index contributed by atoms with van der Waals surface area (Å²) in [5, 5.41) is 19.5. The van der Waals surface area contributed by atoms with E-state index in [0.29, 0.717) is 24.3 Å². The molecule has 4 atom stereocenters. The smallest absolute Gasteiger partial charge is 0.341 e. The molecule has 0 spiro atoms. The molecule has 1 aliphatic carbocycles. The van der Waals surface area contributed by atoms with Crippen molar-refractivity contribution >= 4 is 21.9 Å². The molecule has 21 heavy (non-hydrogen) atoms. The van der Waals surface area contributed by atoms with Crippen molar-refractivity contribution in [2.45, 2.75) is 31.5 Å². The van der Waals surface area contributed by atoms with Crippen molar-refractivity contribution in [3.05, 3.63) is 27.7 Å².